The first-order valence-electron chi connectivity index (χ1n) is 6.65. The minimum Gasteiger partial charge on any atom is -0.316 e. The molecule has 0 radical (unpaired) electrons. The molecule has 0 saturated carbocycles. The van der Waals surface area contributed by atoms with Crippen LogP contribution in [0.5, 0.6) is 0 Å². The zero-order valence-electron chi connectivity index (χ0n) is 11.1. The van der Waals surface area contributed by atoms with E-state index in [1.165, 1.54) is 11.8 Å². The van der Waals surface area contributed by atoms with Gasteiger partial charge >= 0.3 is 0 Å². The Labute approximate surface area is 113 Å². The normalized spacial score (nSPS) is 12.3. The van der Waals surface area contributed by atoms with Crippen LogP contribution >= 0.6 is 0 Å². The molecule has 0 fully saturated rings. The van der Waals surface area contributed by atoms with Crippen LogP contribution < -0.4 is 5.32 Å². The second-order valence-electron chi connectivity index (χ2n) is 4.59. The third-order valence-electron chi connectivity index (χ3n) is 3.23. The fourth-order valence-corrected chi connectivity index (χ4v) is 2.19. The van der Waals surface area contributed by atoms with Gasteiger partial charge in [-0.3, -0.25) is 4.98 Å². The van der Waals surface area contributed by atoms with Gasteiger partial charge < -0.3 is 5.32 Å². The Hall–Kier alpha value is -1.74. The summed E-state index contributed by atoms with van der Waals surface area (Å²) in [4.78, 5) is 3.80. The third kappa shape index (κ3) is 3.86. The highest BCUT2D eigenvalue weighted by Crippen LogP contribution is 2.21. The van der Waals surface area contributed by atoms with Crippen molar-refractivity contribution < 1.29 is 4.39 Å². The van der Waals surface area contributed by atoms with E-state index in [9.17, 15) is 4.39 Å². The predicted molar refractivity (Wildman–Crippen MR) is 75.6 cm³/mol. The van der Waals surface area contributed by atoms with Crippen molar-refractivity contribution in [3.63, 3.8) is 0 Å². The van der Waals surface area contributed by atoms with E-state index in [0.717, 1.165) is 18.7 Å². The molecule has 1 aromatic carbocycles. The average Bonchev–Trinajstić information content (AvgIpc) is 2.46. The van der Waals surface area contributed by atoms with Crippen molar-refractivity contribution in [3.8, 4) is 0 Å². The van der Waals surface area contributed by atoms with Crippen molar-refractivity contribution in [3.05, 3.63) is 65.7 Å². The van der Waals surface area contributed by atoms with Crippen LogP contribution in [0.4, 0.5) is 4.39 Å². The minimum atomic E-state index is -0.222. The van der Waals surface area contributed by atoms with Gasteiger partial charge in [-0.15, -0.1) is 0 Å². The van der Waals surface area contributed by atoms with Crippen LogP contribution in [0.1, 0.15) is 24.0 Å². The van der Waals surface area contributed by atoms with E-state index in [4.69, 9.17) is 0 Å². The maximum absolute atomic E-state index is 13.7. The summed E-state index contributed by atoms with van der Waals surface area (Å²) < 4.78 is 13.7. The number of pyridine rings is 1. The summed E-state index contributed by atoms with van der Waals surface area (Å²) in [5.41, 5.74) is 1.96. The Balaban J connectivity index is 2.17. The molecule has 0 bridgehead atoms. The molecule has 3 heteroatoms. The number of hydrogen-bond acceptors (Lipinski definition) is 2. The topological polar surface area (TPSA) is 24.9 Å². The van der Waals surface area contributed by atoms with Crippen molar-refractivity contribution in [2.45, 2.75) is 19.3 Å². The van der Waals surface area contributed by atoms with E-state index < -0.39 is 0 Å². The van der Waals surface area contributed by atoms with Crippen LogP contribution in [0.25, 0.3) is 0 Å². The number of aromatic nitrogens is 1. The van der Waals surface area contributed by atoms with Crippen LogP contribution in [0.2, 0.25) is 0 Å². The van der Waals surface area contributed by atoms with Crippen LogP contribution in [0.15, 0.2) is 48.8 Å². The SMILES string of the molecule is CCNCC(Cc1ccncc1F)c1ccccc1. The quantitative estimate of drug-likeness (QED) is 0.861. The van der Waals surface area contributed by atoms with Gasteiger partial charge in [0.2, 0.25) is 0 Å². The number of likely N-dealkylation sites (N-methyl/N-ethyl adjacent to an activating group) is 1. The van der Waals surface area contributed by atoms with Crippen LogP contribution in [0.3, 0.4) is 0 Å². The molecular formula is C16H19FN2. The highest BCUT2D eigenvalue weighted by molar-refractivity contribution is 5.24. The molecule has 100 valence electrons. The zero-order valence-corrected chi connectivity index (χ0v) is 11.1. The molecule has 1 aromatic heterocycles. The summed E-state index contributed by atoms with van der Waals surface area (Å²) in [7, 11) is 0. The molecule has 1 unspecified atom stereocenters. The fraction of sp³-hybridized carbons (Fsp3) is 0.312. The monoisotopic (exact) mass is 258 g/mol. The molecule has 2 aromatic rings. The minimum absolute atomic E-state index is 0.222. The Morgan fingerprint density at radius 3 is 2.68 bits per heavy atom. The Bertz CT molecular complexity index is 499. The summed E-state index contributed by atoms with van der Waals surface area (Å²) in [5.74, 6) is 0.0537. The lowest BCUT2D eigenvalue weighted by molar-refractivity contribution is 0.559. The van der Waals surface area contributed by atoms with Crippen molar-refractivity contribution in [1.82, 2.24) is 10.3 Å². The molecule has 2 rings (SSSR count). The van der Waals surface area contributed by atoms with Gasteiger partial charge in [0.1, 0.15) is 5.82 Å². The molecule has 0 aliphatic rings. The molecule has 0 saturated heterocycles. The average molecular weight is 258 g/mol. The first kappa shape index (κ1) is 13.7. The van der Waals surface area contributed by atoms with Gasteiger partial charge in [-0.2, -0.15) is 0 Å². The van der Waals surface area contributed by atoms with E-state index in [2.05, 4.69) is 29.4 Å². The van der Waals surface area contributed by atoms with E-state index in [1.807, 2.05) is 18.2 Å². The second kappa shape index (κ2) is 7.00. The predicted octanol–water partition coefficient (Wildman–Crippen LogP) is 3.16. The number of nitrogens with one attached hydrogen (secondary N) is 1. The molecule has 1 heterocycles. The number of rotatable bonds is 6. The molecule has 0 spiro atoms. The standard InChI is InChI=1S/C16H19FN2/c1-2-18-11-15(13-6-4-3-5-7-13)10-14-8-9-19-12-16(14)17/h3-9,12,15,18H,2,10-11H2,1H3. The van der Waals surface area contributed by atoms with Crippen molar-refractivity contribution in [2.24, 2.45) is 0 Å². The molecule has 1 N–H and O–H groups in total. The smallest absolute Gasteiger partial charge is 0.144 e. The summed E-state index contributed by atoms with van der Waals surface area (Å²) in [5, 5.41) is 3.35. The lowest BCUT2D eigenvalue weighted by atomic mass is 9.92. The lowest BCUT2D eigenvalue weighted by Crippen LogP contribution is -2.23. The van der Waals surface area contributed by atoms with Crippen molar-refractivity contribution >= 4 is 0 Å². The highest BCUT2D eigenvalue weighted by atomic mass is 19.1. The van der Waals surface area contributed by atoms with Gasteiger partial charge in [0.05, 0.1) is 6.20 Å². The summed E-state index contributed by atoms with van der Waals surface area (Å²) >= 11 is 0. The molecule has 2 nitrogen and oxygen atoms in total. The van der Waals surface area contributed by atoms with Gasteiger partial charge in [0.15, 0.2) is 0 Å². The first-order chi connectivity index (χ1) is 9.31. The van der Waals surface area contributed by atoms with Crippen LogP contribution in [0, 0.1) is 5.82 Å². The third-order valence-corrected chi connectivity index (χ3v) is 3.23. The fourth-order valence-electron chi connectivity index (χ4n) is 2.19. The van der Waals surface area contributed by atoms with E-state index in [-0.39, 0.29) is 11.7 Å². The molecule has 0 aliphatic heterocycles. The Kier molecular flexibility index (Phi) is 5.04. The summed E-state index contributed by atoms with van der Waals surface area (Å²) in [6.45, 7) is 3.85. The Morgan fingerprint density at radius 1 is 1.21 bits per heavy atom. The van der Waals surface area contributed by atoms with Gasteiger partial charge in [-0.05, 0) is 30.2 Å². The zero-order chi connectivity index (χ0) is 13.5. The van der Waals surface area contributed by atoms with Crippen molar-refractivity contribution in [1.29, 1.82) is 0 Å². The number of benzene rings is 1. The molecule has 0 amide bonds. The number of nitrogens with zero attached hydrogens (tertiary/aromatic N) is 1. The maximum atomic E-state index is 13.7. The van der Waals surface area contributed by atoms with Gasteiger partial charge in [-0.1, -0.05) is 37.3 Å². The van der Waals surface area contributed by atoms with Gasteiger partial charge in [-0.25, -0.2) is 4.39 Å². The van der Waals surface area contributed by atoms with E-state index in [1.54, 1.807) is 12.3 Å². The summed E-state index contributed by atoms with van der Waals surface area (Å²) in [6.07, 6.45) is 3.61. The van der Waals surface area contributed by atoms with E-state index >= 15 is 0 Å². The van der Waals surface area contributed by atoms with Gasteiger partial charge in [0, 0.05) is 18.7 Å². The summed E-state index contributed by atoms with van der Waals surface area (Å²) in [6, 6.07) is 12.0. The second-order valence-corrected chi connectivity index (χ2v) is 4.59. The molecule has 0 aliphatic carbocycles. The van der Waals surface area contributed by atoms with Crippen molar-refractivity contribution in [2.75, 3.05) is 13.1 Å². The first-order valence-corrected chi connectivity index (χ1v) is 6.65. The van der Waals surface area contributed by atoms with Crippen LogP contribution in [-0.2, 0) is 6.42 Å². The highest BCUT2D eigenvalue weighted by Gasteiger charge is 2.14. The van der Waals surface area contributed by atoms with Crippen LogP contribution in [-0.4, -0.2) is 18.1 Å². The maximum Gasteiger partial charge on any atom is 0.144 e. The number of halogens is 1. The Morgan fingerprint density at radius 2 is 2.00 bits per heavy atom. The van der Waals surface area contributed by atoms with Gasteiger partial charge in [0.25, 0.3) is 0 Å². The van der Waals surface area contributed by atoms with E-state index in [0.29, 0.717) is 6.42 Å². The molecule has 19 heavy (non-hydrogen) atoms. The lowest BCUT2D eigenvalue weighted by Gasteiger charge is -2.18. The number of hydrogen-bond donors (Lipinski definition) is 1. The molecular weight excluding hydrogens is 239 g/mol. The largest absolute Gasteiger partial charge is 0.316 e. The molecule has 1 atom stereocenters.